The van der Waals surface area contributed by atoms with Crippen molar-refractivity contribution >= 4 is 18.1 Å². The summed E-state index contributed by atoms with van der Waals surface area (Å²) < 4.78 is 15.4. The average Bonchev–Trinajstić information content (AvgIpc) is 2.82. The predicted molar refractivity (Wildman–Crippen MR) is 129 cm³/mol. The number of halogens is 1. The Morgan fingerprint density at radius 3 is 2.30 bits per heavy atom. The van der Waals surface area contributed by atoms with Gasteiger partial charge in [0.2, 0.25) is 0 Å². The lowest BCUT2D eigenvalue weighted by Crippen LogP contribution is -2.24. The average molecular weight is 439 g/mol. The highest BCUT2D eigenvalue weighted by atomic mass is 19.1. The van der Waals surface area contributed by atoms with Crippen LogP contribution < -0.4 is 5.56 Å². The molecular formula is C28H22FNO3. The number of hydrogen-bond donors (Lipinski definition) is 1. The van der Waals surface area contributed by atoms with Crippen LogP contribution in [0.3, 0.4) is 0 Å². The highest BCUT2D eigenvalue weighted by molar-refractivity contribution is 5.98. The van der Waals surface area contributed by atoms with Crippen molar-refractivity contribution < 1.29 is 14.3 Å². The molecular weight excluding hydrogens is 417 g/mol. The first-order chi connectivity index (χ1) is 15.9. The van der Waals surface area contributed by atoms with Crippen LogP contribution in [0.5, 0.6) is 0 Å². The van der Waals surface area contributed by atoms with E-state index in [9.17, 15) is 19.1 Å². The summed E-state index contributed by atoms with van der Waals surface area (Å²) in [5, 5.41) is 9.72. The number of carboxylic acid groups (broad SMARTS) is 1. The van der Waals surface area contributed by atoms with Crippen LogP contribution in [0.15, 0.2) is 89.9 Å². The number of aromatic carboxylic acids is 1. The molecule has 3 aromatic carbocycles. The van der Waals surface area contributed by atoms with Gasteiger partial charge in [0.15, 0.2) is 0 Å². The number of carboxylic acids is 1. The summed E-state index contributed by atoms with van der Waals surface area (Å²) in [6.45, 7) is 2.21. The molecule has 1 aromatic heterocycles. The second-order valence-corrected chi connectivity index (χ2v) is 7.76. The fraction of sp³-hybridized carbons (Fsp3) is 0.0714. The summed E-state index contributed by atoms with van der Waals surface area (Å²) in [5.74, 6) is -1.97. The molecule has 0 atom stereocenters. The topological polar surface area (TPSA) is 59.3 Å². The number of aryl methyl sites for hydroxylation is 1. The van der Waals surface area contributed by atoms with Gasteiger partial charge in [-0.25, -0.2) is 9.18 Å². The Labute approximate surface area is 190 Å². The predicted octanol–water partition coefficient (Wildman–Crippen LogP) is 5.88. The van der Waals surface area contributed by atoms with Crippen LogP contribution in [0.4, 0.5) is 4.39 Å². The number of rotatable bonds is 6. The minimum Gasteiger partial charge on any atom is -0.478 e. The molecule has 0 aliphatic carbocycles. The number of hydrogen-bond acceptors (Lipinski definition) is 2. The lowest BCUT2D eigenvalue weighted by molar-refractivity contribution is 0.0697. The molecule has 0 radical (unpaired) electrons. The van der Waals surface area contributed by atoms with Crippen LogP contribution in [0.2, 0.25) is 0 Å². The number of pyridine rings is 1. The molecule has 0 unspecified atom stereocenters. The molecule has 4 aromatic rings. The first kappa shape index (κ1) is 22.0. The molecule has 0 fully saturated rings. The third-order valence-corrected chi connectivity index (χ3v) is 5.44. The zero-order chi connectivity index (χ0) is 23.4. The van der Waals surface area contributed by atoms with Gasteiger partial charge in [0, 0.05) is 11.8 Å². The van der Waals surface area contributed by atoms with Crippen molar-refractivity contribution in [2.45, 2.75) is 13.5 Å². The molecule has 4 nitrogen and oxygen atoms in total. The van der Waals surface area contributed by atoms with Crippen molar-refractivity contribution in [3.05, 3.63) is 129 Å². The Bertz CT molecular complexity index is 1390. The van der Waals surface area contributed by atoms with E-state index in [0.29, 0.717) is 12.1 Å². The quantitative estimate of drug-likeness (QED) is 0.408. The number of benzene rings is 3. The Balaban J connectivity index is 1.95. The Kier molecular flexibility index (Phi) is 6.31. The molecule has 1 N–H and O–H groups in total. The molecule has 0 aliphatic rings. The third-order valence-electron chi connectivity index (χ3n) is 5.44. The van der Waals surface area contributed by atoms with E-state index in [2.05, 4.69) is 0 Å². The van der Waals surface area contributed by atoms with Gasteiger partial charge in [0.05, 0.1) is 17.7 Å². The number of nitrogens with zero attached hydrogens (tertiary/aromatic N) is 1. The monoisotopic (exact) mass is 439 g/mol. The van der Waals surface area contributed by atoms with E-state index < -0.39 is 11.8 Å². The molecule has 0 bridgehead atoms. The van der Waals surface area contributed by atoms with Gasteiger partial charge in [0.25, 0.3) is 5.56 Å². The summed E-state index contributed by atoms with van der Waals surface area (Å²) >= 11 is 0. The van der Waals surface area contributed by atoms with Crippen molar-refractivity contribution in [2.24, 2.45) is 0 Å². The van der Waals surface area contributed by atoms with Gasteiger partial charge in [-0.2, -0.15) is 0 Å². The smallest absolute Gasteiger partial charge is 0.336 e. The van der Waals surface area contributed by atoms with Crippen LogP contribution in [0.1, 0.15) is 32.6 Å². The minimum absolute atomic E-state index is 0.187. The highest BCUT2D eigenvalue weighted by Gasteiger charge is 2.20. The Hall–Kier alpha value is -4.25. The van der Waals surface area contributed by atoms with E-state index in [1.165, 1.54) is 12.1 Å². The first-order valence-electron chi connectivity index (χ1n) is 10.5. The molecule has 33 heavy (non-hydrogen) atoms. The lowest BCUT2D eigenvalue weighted by atomic mass is 9.93. The van der Waals surface area contributed by atoms with Crippen LogP contribution in [-0.2, 0) is 6.54 Å². The summed E-state index contributed by atoms with van der Waals surface area (Å²) in [6.07, 6.45) is 5.45. The zero-order valence-corrected chi connectivity index (χ0v) is 18.0. The van der Waals surface area contributed by atoms with E-state index in [-0.39, 0.29) is 22.2 Å². The molecule has 0 spiro atoms. The van der Waals surface area contributed by atoms with Crippen molar-refractivity contribution in [1.29, 1.82) is 0 Å². The summed E-state index contributed by atoms with van der Waals surface area (Å²) in [7, 11) is 0. The van der Waals surface area contributed by atoms with Gasteiger partial charge < -0.3 is 9.67 Å². The van der Waals surface area contributed by atoms with Crippen molar-refractivity contribution in [3.8, 4) is 11.1 Å². The second kappa shape index (κ2) is 9.49. The van der Waals surface area contributed by atoms with Gasteiger partial charge in [-0.1, -0.05) is 78.9 Å². The van der Waals surface area contributed by atoms with E-state index >= 15 is 0 Å². The normalized spacial score (nSPS) is 11.1. The Morgan fingerprint density at radius 1 is 0.970 bits per heavy atom. The van der Waals surface area contributed by atoms with Crippen LogP contribution in [0, 0.1) is 12.7 Å². The third kappa shape index (κ3) is 4.83. The SMILES string of the molecule is Cc1cn(Cc2ccccc2)c(=O)c(-c2ccc(F)cc2C(=O)O)c1/C=C/c1ccccc1. The molecule has 1 heterocycles. The van der Waals surface area contributed by atoms with Crippen LogP contribution in [0.25, 0.3) is 23.3 Å². The lowest BCUT2D eigenvalue weighted by Gasteiger charge is -2.16. The minimum atomic E-state index is -1.29. The molecule has 0 amide bonds. The van der Waals surface area contributed by atoms with Gasteiger partial charge >= 0.3 is 5.97 Å². The van der Waals surface area contributed by atoms with E-state index in [1.807, 2.05) is 79.7 Å². The van der Waals surface area contributed by atoms with E-state index in [0.717, 1.165) is 22.8 Å². The fourth-order valence-corrected chi connectivity index (χ4v) is 3.85. The van der Waals surface area contributed by atoms with Crippen molar-refractivity contribution in [2.75, 3.05) is 0 Å². The number of aromatic nitrogens is 1. The van der Waals surface area contributed by atoms with Crippen molar-refractivity contribution in [3.63, 3.8) is 0 Å². The molecule has 0 aliphatic heterocycles. The van der Waals surface area contributed by atoms with Gasteiger partial charge in [-0.3, -0.25) is 4.79 Å². The fourth-order valence-electron chi connectivity index (χ4n) is 3.85. The summed E-state index contributed by atoms with van der Waals surface area (Å²) in [4.78, 5) is 25.6. The highest BCUT2D eigenvalue weighted by Crippen LogP contribution is 2.29. The van der Waals surface area contributed by atoms with Gasteiger partial charge in [-0.15, -0.1) is 0 Å². The standard InChI is InChI=1S/C28H22FNO3/c1-19-17-30(18-21-10-6-3-7-11-21)27(31)26(23(19)14-12-20-8-4-2-5-9-20)24-15-13-22(29)16-25(24)28(32)33/h2-17H,18H2,1H3,(H,32,33)/b14-12+. The molecule has 0 saturated carbocycles. The summed E-state index contributed by atoms with van der Waals surface area (Å²) in [6, 6.07) is 22.6. The molecule has 164 valence electrons. The molecule has 4 rings (SSSR count). The maximum absolute atomic E-state index is 13.9. The maximum atomic E-state index is 13.9. The largest absolute Gasteiger partial charge is 0.478 e. The van der Waals surface area contributed by atoms with E-state index in [1.54, 1.807) is 10.8 Å². The maximum Gasteiger partial charge on any atom is 0.336 e. The first-order valence-corrected chi connectivity index (χ1v) is 10.5. The van der Waals surface area contributed by atoms with Crippen LogP contribution in [-0.4, -0.2) is 15.6 Å². The molecule has 5 heteroatoms. The van der Waals surface area contributed by atoms with Crippen molar-refractivity contribution in [1.82, 2.24) is 4.57 Å². The number of carbonyl (C=O) groups is 1. The van der Waals surface area contributed by atoms with Crippen LogP contribution >= 0.6 is 0 Å². The summed E-state index contributed by atoms with van der Waals surface area (Å²) in [5.41, 5.74) is 3.10. The van der Waals surface area contributed by atoms with E-state index in [4.69, 9.17) is 0 Å². The Morgan fingerprint density at radius 2 is 1.64 bits per heavy atom. The second-order valence-electron chi connectivity index (χ2n) is 7.76. The van der Waals surface area contributed by atoms with Gasteiger partial charge in [-0.05, 0) is 41.3 Å². The zero-order valence-electron chi connectivity index (χ0n) is 18.0. The van der Waals surface area contributed by atoms with Gasteiger partial charge in [0.1, 0.15) is 5.82 Å². The molecule has 0 saturated heterocycles.